The van der Waals surface area contributed by atoms with Crippen LogP contribution in [-0.2, 0) is 0 Å². The molecule has 5 heteroatoms. The molecule has 2 rings (SSSR count). The van der Waals surface area contributed by atoms with Crippen molar-refractivity contribution in [2.75, 3.05) is 0 Å². The van der Waals surface area contributed by atoms with Crippen LogP contribution in [0.25, 0.3) is 0 Å². The van der Waals surface area contributed by atoms with Crippen molar-refractivity contribution in [2.45, 2.75) is 0 Å². The molecule has 0 aliphatic carbocycles. The van der Waals surface area contributed by atoms with E-state index in [0.717, 1.165) is 4.47 Å². The highest BCUT2D eigenvalue weighted by Crippen LogP contribution is 2.19. The zero-order valence-electron chi connectivity index (χ0n) is 8.88. The van der Waals surface area contributed by atoms with E-state index in [2.05, 4.69) is 15.9 Å². The molecule has 92 valence electrons. The average Bonchev–Trinajstić information content (AvgIpc) is 2.34. The molecular formula is C13H6BrF3O. The largest absolute Gasteiger partial charge is 0.288 e. The number of benzene rings is 2. The highest BCUT2D eigenvalue weighted by atomic mass is 79.9. The predicted molar refractivity (Wildman–Crippen MR) is 63.9 cm³/mol. The second-order valence-electron chi connectivity index (χ2n) is 3.58. The molecule has 0 N–H and O–H groups in total. The van der Waals surface area contributed by atoms with Gasteiger partial charge >= 0.3 is 0 Å². The Balaban J connectivity index is 2.46. The van der Waals surface area contributed by atoms with Crippen LogP contribution in [0.2, 0.25) is 0 Å². The van der Waals surface area contributed by atoms with Gasteiger partial charge in [0.05, 0.1) is 5.56 Å². The number of carbonyl (C=O) groups is 1. The minimum atomic E-state index is -1.32. The first-order valence-electron chi connectivity index (χ1n) is 4.94. The van der Waals surface area contributed by atoms with E-state index in [1.54, 1.807) is 12.1 Å². The molecule has 2 aromatic carbocycles. The van der Waals surface area contributed by atoms with Crippen molar-refractivity contribution in [3.8, 4) is 0 Å². The molecule has 0 heterocycles. The molecule has 0 aromatic heterocycles. The molecule has 0 spiro atoms. The summed E-state index contributed by atoms with van der Waals surface area (Å²) in [5.74, 6) is -4.35. The maximum Gasteiger partial charge on any atom is 0.196 e. The van der Waals surface area contributed by atoms with Gasteiger partial charge < -0.3 is 0 Å². The monoisotopic (exact) mass is 314 g/mol. The fourth-order valence-electron chi connectivity index (χ4n) is 1.45. The average molecular weight is 315 g/mol. The van der Waals surface area contributed by atoms with E-state index in [4.69, 9.17) is 0 Å². The van der Waals surface area contributed by atoms with Gasteiger partial charge in [-0.25, -0.2) is 13.2 Å². The third-order valence-electron chi connectivity index (χ3n) is 2.36. The summed E-state index contributed by atoms with van der Waals surface area (Å²) in [6.45, 7) is 0. The van der Waals surface area contributed by atoms with E-state index >= 15 is 0 Å². The maximum absolute atomic E-state index is 13.4. The van der Waals surface area contributed by atoms with Crippen molar-refractivity contribution >= 4 is 21.7 Å². The highest BCUT2D eigenvalue weighted by molar-refractivity contribution is 9.10. The first-order chi connectivity index (χ1) is 8.49. The van der Waals surface area contributed by atoms with Gasteiger partial charge in [0, 0.05) is 16.1 Å². The third-order valence-corrected chi connectivity index (χ3v) is 2.89. The van der Waals surface area contributed by atoms with E-state index in [1.165, 1.54) is 12.1 Å². The molecule has 0 aliphatic heterocycles. The smallest absolute Gasteiger partial charge is 0.196 e. The lowest BCUT2D eigenvalue weighted by molar-refractivity contribution is 0.103. The maximum atomic E-state index is 13.4. The zero-order valence-corrected chi connectivity index (χ0v) is 10.5. The van der Waals surface area contributed by atoms with E-state index in [9.17, 15) is 18.0 Å². The fraction of sp³-hybridized carbons (Fsp3) is 0. The van der Waals surface area contributed by atoms with Crippen LogP contribution in [0, 0.1) is 17.5 Å². The van der Waals surface area contributed by atoms with Crippen LogP contribution in [0.5, 0.6) is 0 Å². The van der Waals surface area contributed by atoms with E-state index in [0.29, 0.717) is 12.1 Å². The van der Waals surface area contributed by atoms with Crippen LogP contribution in [0.15, 0.2) is 40.9 Å². The molecule has 18 heavy (non-hydrogen) atoms. The van der Waals surface area contributed by atoms with Gasteiger partial charge in [0.25, 0.3) is 0 Å². The minimum Gasteiger partial charge on any atom is -0.288 e. The summed E-state index contributed by atoms with van der Waals surface area (Å²) in [5.41, 5.74) is -0.292. The third kappa shape index (κ3) is 2.46. The quantitative estimate of drug-likeness (QED) is 0.602. The summed E-state index contributed by atoms with van der Waals surface area (Å²) in [4.78, 5) is 11.9. The normalized spacial score (nSPS) is 10.4. The van der Waals surface area contributed by atoms with Gasteiger partial charge in [-0.05, 0) is 30.3 Å². The van der Waals surface area contributed by atoms with Crippen molar-refractivity contribution in [3.05, 3.63) is 69.4 Å². The van der Waals surface area contributed by atoms with Crippen LogP contribution < -0.4 is 0 Å². The van der Waals surface area contributed by atoms with Crippen LogP contribution in [0.1, 0.15) is 15.9 Å². The van der Waals surface area contributed by atoms with E-state index < -0.39 is 28.8 Å². The van der Waals surface area contributed by atoms with Crippen LogP contribution >= 0.6 is 15.9 Å². The second kappa shape index (κ2) is 4.94. The summed E-state index contributed by atoms with van der Waals surface area (Å²) in [6, 6.07) is 7.06. The van der Waals surface area contributed by atoms with Gasteiger partial charge in [0.2, 0.25) is 0 Å². The van der Waals surface area contributed by atoms with Crippen molar-refractivity contribution in [3.63, 3.8) is 0 Å². The summed E-state index contributed by atoms with van der Waals surface area (Å²) in [6.07, 6.45) is 0. The highest BCUT2D eigenvalue weighted by Gasteiger charge is 2.17. The molecule has 1 nitrogen and oxygen atoms in total. The number of halogens is 4. The molecule has 0 amide bonds. The number of ketones is 1. The second-order valence-corrected chi connectivity index (χ2v) is 4.50. The number of hydrogen-bond donors (Lipinski definition) is 0. The Morgan fingerprint density at radius 1 is 0.889 bits per heavy atom. The van der Waals surface area contributed by atoms with Crippen LogP contribution in [-0.4, -0.2) is 5.78 Å². The van der Waals surface area contributed by atoms with Crippen LogP contribution in [0.4, 0.5) is 13.2 Å². The number of carbonyl (C=O) groups excluding carboxylic acids is 1. The first-order valence-corrected chi connectivity index (χ1v) is 5.73. The van der Waals surface area contributed by atoms with Crippen molar-refractivity contribution < 1.29 is 18.0 Å². The number of rotatable bonds is 2. The summed E-state index contributed by atoms with van der Waals surface area (Å²) in [7, 11) is 0. The molecule has 0 atom stereocenters. The molecular weight excluding hydrogens is 309 g/mol. The molecule has 0 radical (unpaired) electrons. The first kappa shape index (κ1) is 12.8. The fourth-order valence-corrected chi connectivity index (χ4v) is 1.72. The Bertz CT molecular complexity index is 608. The standard InChI is InChI=1S/C13H6BrF3O/c14-8-3-1-7(2-4-8)13(18)9-5-11(16)12(17)6-10(9)15/h1-6H. The Morgan fingerprint density at radius 3 is 2.06 bits per heavy atom. The Morgan fingerprint density at radius 2 is 1.44 bits per heavy atom. The van der Waals surface area contributed by atoms with Gasteiger partial charge in [0.15, 0.2) is 17.4 Å². The number of hydrogen-bond acceptors (Lipinski definition) is 1. The van der Waals surface area contributed by atoms with Gasteiger partial charge in [-0.1, -0.05) is 15.9 Å². The van der Waals surface area contributed by atoms with Crippen molar-refractivity contribution in [1.29, 1.82) is 0 Å². The molecule has 0 saturated carbocycles. The SMILES string of the molecule is O=C(c1ccc(Br)cc1)c1cc(F)c(F)cc1F. The lowest BCUT2D eigenvalue weighted by atomic mass is 10.0. The molecule has 0 aliphatic rings. The zero-order chi connectivity index (χ0) is 13.3. The molecule has 0 bridgehead atoms. The molecule has 0 fully saturated rings. The van der Waals surface area contributed by atoms with E-state index in [-0.39, 0.29) is 5.56 Å². The summed E-state index contributed by atoms with van der Waals surface area (Å²) < 4.78 is 39.9. The van der Waals surface area contributed by atoms with Gasteiger partial charge in [0.1, 0.15) is 5.82 Å². The van der Waals surface area contributed by atoms with Crippen molar-refractivity contribution in [2.24, 2.45) is 0 Å². The molecule has 2 aromatic rings. The molecule has 0 unspecified atom stereocenters. The lowest BCUT2D eigenvalue weighted by Gasteiger charge is -2.04. The van der Waals surface area contributed by atoms with Crippen LogP contribution in [0.3, 0.4) is 0 Å². The Hall–Kier alpha value is -1.62. The summed E-state index contributed by atoms with van der Waals surface area (Å²) >= 11 is 3.19. The summed E-state index contributed by atoms with van der Waals surface area (Å²) in [5, 5.41) is 0. The molecule has 0 saturated heterocycles. The minimum absolute atomic E-state index is 0.197. The topological polar surface area (TPSA) is 17.1 Å². The van der Waals surface area contributed by atoms with Gasteiger partial charge in [-0.2, -0.15) is 0 Å². The predicted octanol–water partition coefficient (Wildman–Crippen LogP) is 4.10. The lowest BCUT2D eigenvalue weighted by Crippen LogP contribution is -2.06. The van der Waals surface area contributed by atoms with Gasteiger partial charge in [-0.3, -0.25) is 4.79 Å². The Labute approximate surface area is 109 Å². The van der Waals surface area contributed by atoms with Crippen molar-refractivity contribution in [1.82, 2.24) is 0 Å². The van der Waals surface area contributed by atoms with Gasteiger partial charge in [-0.15, -0.1) is 0 Å². The van der Waals surface area contributed by atoms with E-state index in [1.807, 2.05) is 0 Å². The Kier molecular flexibility index (Phi) is 3.52.